The molecule has 1 amide bonds. The molecule has 1 aromatic heterocycles. The van der Waals surface area contributed by atoms with Gasteiger partial charge in [0, 0.05) is 39.3 Å². The van der Waals surface area contributed by atoms with E-state index in [0.717, 1.165) is 36.8 Å². The molecule has 1 unspecified atom stereocenters. The van der Waals surface area contributed by atoms with E-state index < -0.39 is 0 Å². The van der Waals surface area contributed by atoms with Gasteiger partial charge >= 0.3 is 5.69 Å². The Bertz CT molecular complexity index is 746. The third kappa shape index (κ3) is 3.80. The monoisotopic (exact) mass is 348 g/mol. The van der Waals surface area contributed by atoms with Crippen molar-refractivity contribution in [3.05, 3.63) is 26.9 Å². The molecule has 25 heavy (non-hydrogen) atoms. The Kier molecular flexibility index (Phi) is 5.30. The van der Waals surface area contributed by atoms with Gasteiger partial charge in [-0.25, -0.2) is 4.79 Å². The number of carbonyl (C=O) groups excluding carboxylic acids is 1. The maximum atomic E-state index is 12.6. The number of hydrogen-bond donors (Lipinski definition) is 1. The molecule has 0 radical (unpaired) electrons. The molecule has 1 aromatic rings. The van der Waals surface area contributed by atoms with Crippen molar-refractivity contribution in [1.29, 1.82) is 0 Å². The first-order valence-corrected chi connectivity index (χ1v) is 9.29. The molecule has 1 aliphatic carbocycles. The number of nitrogens with one attached hydrogen (secondary N) is 1. The lowest BCUT2D eigenvalue weighted by Crippen LogP contribution is -2.48. The first-order chi connectivity index (χ1) is 12.0. The predicted octanol–water partition coefficient (Wildman–Crippen LogP) is 0.749. The van der Waals surface area contributed by atoms with E-state index in [4.69, 9.17) is 0 Å². The lowest BCUT2D eigenvalue weighted by atomic mass is 9.93. The van der Waals surface area contributed by atoms with Gasteiger partial charge < -0.3 is 10.2 Å². The highest BCUT2D eigenvalue weighted by atomic mass is 16.2. The standard InChI is InChI=1S/C18H28N4O3/c1-20-15(11-16(23)21(2)18(20)25)22-10-6-7-13(12-22)17(24)19-14-8-4-3-5-9-14/h11,13-14H,3-10,12H2,1-2H3,(H,19,24). The fourth-order valence-corrected chi connectivity index (χ4v) is 3.99. The molecule has 7 heteroatoms. The highest BCUT2D eigenvalue weighted by molar-refractivity contribution is 5.79. The first kappa shape index (κ1) is 17.8. The highest BCUT2D eigenvalue weighted by Gasteiger charge is 2.29. The summed E-state index contributed by atoms with van der Waals surface area (Å²) in [7, 11) is 3.15. The molecular formula is C18H28N4O3. The molecule has 1 atom stereocenters. The molecule has 3 rings (SSSR count). The lowest BCUT2D eigenvalue weighted by molar-refractivity contribution is -0.126. The minimum atomic E-state index is -0.337. The molecule has 0 spiro atoms. The zero-order valence-corrected chi connectivity index (χ0v) is 15.2. The summed E-state index contributed by atoms with van der Waals surface area (Å²) in [5.74, 6) is 0.628. The van der Waals surface area contributed by atoms with Crippen LogP contribution in [0.25, 0.3) is 0 Å². The largest absolute Gasteiger partial charge is 0.357 e. The fourth-order valence-electron chi connectivity index (χ4n) is 3.99. The van der Waals surface area contributed by atoms with Gasteiger partial charge in [-0.1, -0.05) is 19.3 Å². The Balaban J connectivity index is 1.72. The van der Waals surface area contributed by atoms with E-state index in [1.807, 2.05) is 4.90 Å². The quantitative estimate of drug-likeness (QED) is 0.874. The van der Waals surface area contributed by atoms with E-state index in [1.165, 1.54) is 36.9 Å². The van der Waals surface area contributed by atoms with Crippen molar-refractivity contribution in [2.45, 2.75) is 51.0 Å². The molecule has 0 bridgehead atoms. The number of amides is 1. The lowest BCUT2D eigenvalue weighted by Gasteiger charge is -2.35. The average molecular weight is 348 g/mol. The van der Waals surface area contributed by atoms with E-state index >= 15 is 0 Å². The number of aromatic nitrogens is 2. The second-order valence-corrected chi connectivity index (χ2v) is 7.37. The minimum Gasteiger partial charge on any atom is -0.357 e. The van der Waals surface area contributed by atoms with Gasteiger partial charge in [-0.3, -0.25) is 18.7 Å². The van der Waals surface area contributed by atoms with E-state index in [0.29, 0.717) is 18.4 Å². The number of carbonyl (C=O) groups is 1. The summed E-state index contributed by atoms with van der Waals surface area (Å²) < 4.78 is 2.59. The Morgan fingerprint density at radius 2 is 1.76 bits per heavy atom. The van der Waals surface area contributed by atoms with Crippen LogP contribution < -0.4 is 21.5 Å². The van der Waals surface area contributed by atoms with Gasteiger partial charge in [0.25, 0.3) is 5.56 Å². The van der Waals surface area contributed by atoms with E-state index in [9.17, 15) is 14.4 Å². The van der Waals surface area contributed by atoms with Crippen LogP contribution in [-0.2, 0) is 18.9 Å². The maximum absolute atomic E-state index is 12.6. The fraction of sp³-hybridized carbons (Fsp3) is 0.722. The van der Waals surface area contributed by atoms with Crippen LogP contribution in [0.3, 0.4) is 0 Å². The SMILES string of the molecule is Cn1c(N2CCCC(C(=O)NC3CCCCC3)C2)cc(=O)n(C)c1=O. The van der Waals surface area contributed by atoms with Crippen LogP contribution in [0.1, 0.15) is 44.9 Å². The van der Waals surface area contributed by atoms with Crippen LogP contribution in [-0.4, -0.2) is 34.2 Å². The van der Waals surface area contributed by atoms with Crippen molar-refractivity contribution < 1.29 is 4.79 Å². The summed E-state index contributed by atoms with van der Waals surface area (Å²) >= 11 is 0. The van der Waals surface area contributed by atoms with E-state index in [2.05, 4.69) is 5.32 Å². The molecule has 1 saturated carbocycles. The Morgan fingerprint density at radius 1 is 1.04 bits per heavy atom. The van der Waals surface area contributed by atoms with Crippen LogP contribution in [0.5, 0.6) is 0 Å². The Morgan fingerprint density at radius 3 is 2.48 bits per heavy atom. The summed E-state index contributed by atoms with van der Waals surface area (Å²) in [5, 5.41) is 3.21. The van der Waals surface area contributed by atoms with Gasteiger partial charge in [0.2, 0.25) is 5.91 Å². The van der Waals surface area contributed by atoms with Crippen molar-refractivity contribution >= 4 is 11.7 Å². The number of nitrogens with zero attached hydrogens (tertiary/aromatic N) is 3. The predicted molar refractivity (Wildman–Crippen MR) is 96.9 cm³/mol. The maximum Gasteiger partial charge on any atom is 0.332 e. The number of piperidine rings is 1. The topological polar surface area (TPSA) is 76.3 Å². The van der Waals surface area contributed by atoms with Crippen LogP contribution in [0.15, 0.2) is 15.7 Å². The second kappa shape index (κ2) is 7.45. The Hall–Kier alpha value is -2.05. The molecule has 2 fully saturated rings. The second-order valence-electron chi connectivity index (χ2n) is 7.37. The molecule has 1 saturated heterocycles. The normalized spacial score (nSPS) is 22.0. The summed E-state index contributed by atoms with van der Waals surface area (Å²) in [5.41, 5.74) is -0.650. The smallest absolute Gasteiger partial charge is 0.332 e. The van der Waals surface area contributed by atoms with E-state index in [1.54, 1.807) is 7.05 Å². The molecule has 1 N–H and O–H groups in total. The summed E-state index contributed by atoms with van der Waals surface area (Å²) in [6.45, 7) is 1.31. The number of anilines is 1. The zero-order chi connectivity index (χ0) is 18.0. The average Bonchev–Trinajstić information content (AvgIpc) is 2.64. The van der Waals surface area contributed by atoms with Gasteiger partial charge in [-0.15, -0.1) is 0 Å². The van der Waals surface area contributed by atoms with Gasteiger partial charge in [0.05, 0.1) is 5.92 Å². The zero-order valence-electron chi connectivity index (χ0n) is 15.2. The van der Waals surface area contributed by atoms with E-state index in [-0.39, 0.29) is 23.1 Å². The van der Waals surface area contributed by atoms with Crippen molar-refractivity contribution in [2.24, 2.45) is 20.0 Å². The van der Waals surface area contributed by atoms with Crippen LogP contribution in [0, 0.1) is 5.92 Å². The third-order valence-electron chi connectivity index (χ3n) is 5.57. The summed E-state index contributed by atoms with van der Waals surface area (Å²) in [4.78, 5) is 38.8. The molecule has 7 nitrogen and oxygen atoms in total. The minimum absolute atomic E-state index is 0.0881. The molecular weight excluding hydrogens is 320 g/mol. The van der Waals surface area contributed by atoms with Gasteiger partial charge in [0.15, 0.2) is 0 Å². The van der Waals surface area contributed by atoms with Crippen LogP contribution in [0.2, 0.25) is 0 Å². The molecule has 0 aromatic carbocycles. The highest BCUT2D eigenvalue weighted by Crippen LogP contribution is 2.23. The van der Waals surface area contributed by atoms with Crippen LogP contribution in [0.4, 0.5) is 5.82 Å². The van der Waals surface area contributed by atoms with Crippen molar-refractivity contribution in [1.82, 2.24) is 14.5 Å². The van der Waals surface area contributed by atoms with Gasteiger partial charge in [-0.05, 0) is 25.7 Å². The molecule has 1 aliphatic heterocycles. The number of hydrogen-bond acceptors (Lipinski definition) is 4. The molecule has 2 aliphatic rings. The molecule has 2 heterocycles. The van der Waals surface area contributed by atoms with Crippen LogP contribution >= 0.6 is 0 Å². The third-order valence-corrected chi connectivity index (χ3v) is 5.57. The summed E-state index contributed by atoms with van der Waals surface area (Å²) in [6.07, 6.45) is 7.53. The summed E-state index contributed by atoms with van der Waals surface area (Å²) in [6, 6.07) is 1.80. The van der Waals surface area contributed by atoms with Crippen molar-refractivity contribution in [2.75, 3.05) is 18.0 Å². The molecule has 138 valence electrons. The van der Waals surface area contributed by atoms with Crippen molar-refractivity contribution in [3.63, 3.8) is 0 Å². The number of rotatable bonds is 3. The Labute approximate surface area is 147 Å². The first-order valence-electron chi connectivity index (χ1n) is 9.29. The van der Waals surface area contributed by atoms with Gasteiger partial charge in [-0.2, -0.15) is 0 Å². The van der Waals surface area contributed by atoms with Crippen molar-refractivity contribution in [3.8, 4) is 0 Å². The van der Waals surface area contributed by atoms with Gasteiger partial charge in [0.1, 0.15) is 5.82 Å².